The zero-order valence-corrected chi connectivity index (χ0v) is 18.4. The lowest BCUT2D eigenvalue weighted by Gasteiger charge is -2.09. The number of halogens is 1. The largest absolute Gasteiger partial charge is 0.507 e. The number of nitrogens with zero attached hydrogens (tertiary/aromatic N) is 1. The number of benzene rings is 2. The Bertz CT molecular complexity index is 1040. The van der Waals surface area contributed by atoms with Gasteiger partial charge in [-0.15, -0.1) is 11.3 Å². The molecule has 0 bridgehead atoms. The average Bonchev–Trinajstić information content (AvgIpc) is 3.07. The van der Waals surface area contributed by atoms with E-state index in [1.165, 1.54) is 11.3 Å². The van der Waals surface area contributed by atoms with Crippen LogP contribution >= 0.6 is 22.9 Å². The van der Waals surface area contributed by atoms with Gasteiger partial charge in [0.05, 0.1) is 29.8 Å². The van der Waals surface area contributed by atoms with Crippen LogP contribution in [0, 0.1) is 20.8 Å². The standard InChI is InChI=1S/C22H23ClN2O3S/c1-12-7-15(8-13(2)20(12)27)10-24-11-18(26)21-14(3)25-22(29-21)17-6-5-16(23)9-19(17)28-4/h5-9,24,27H,10-11H2,1-4H3. The molecule has 0 aliphatic carbocycles. The second-order valence-corrected chi connectivity index (χ2v) is 8.32. The second-order valence-electron chi connectivity index (χ2n) is 6.88. The highest BCUT2D eigenvalue weighted by molar-refractivity contribution is 7.17. The third kappa shape index (κ3) is 4.78. The Morgan fingerprint density at radius 2 is 1.90 bits per heavy atom. The molecule has 0 saturated carbocycles. The van der Waals surface area contributed by atoms with E-state index in [0.717, 1.165) is 27.3 Å². The lowest BCUT2D eigenvalue weighted by atomic mass is 10.1. The molecule has 5 nitrogen and oxygen atoms in total. The molecule has 0 amide bonds. The molecule has 0 radical (unpaired) electrons. The van der Waals surface area contributed by atoms with E-state index in [-0.39, 0.29) is 12.3 Å². The van der Waals surface area contributed by atoms with Gasteiger partial charge in [-0.2, -0.15) is 0 Å². The van der Waals surface area contributed by atoms with Crippen molar-refractivity contribution >= 4 is 28.7 Å². The van der Waals surface area contributed by atoms with Crippen molar-refractivity contribution in [2.24, 2.45) is 0 Å². The average molecular weight is 431 g/mol. The van der Waals surface area contributed by atoms with Gasteiger partial charge in [-0.05, 0) is 55.7 Å². The monoisotopic (exact) mass is 430 g/mol. The summed E-state index contributed by atoms with van der Waals surface area (Å²) in [6, 6.07) is 9.20. The van der Waals surface area contributed by atoms with E-state index in [4.69, 9.17) is 16.3 Å². The number of phenols is 1. The number of methoxy groups -OCH3 is 1. The zero-order valence-electron chi connectivity index (χ0n) is 16.8. The molecule has 0 saturated heterocycles. The lowest BCUT2D eigenvalue weighted by molar-refractivity contribution is 0.0994. The predicted octanol–water partition coefficient (Wildman–Crippen LogP) is 5.08. The quantitative estimate of drug-likeness (QED) is 0.511. The number of ether oxygens (including phenoxy) is 1. The number of aromatic hydroxyl groups is 1. The van der Waals surface area contributed by atoms with E-state index in [9.17, 15) is 9.90 Å². The van der Waals surface area contributed by atoms with Gasteiger partial charge in [0, 0.05) is 11.6 Å². The Kier molecular flexibility index (Phi) is 6.57. The number of ketones is 1. The molecule has 1 heterocycles. The summed E-state index contributed by atoms with van der Waals surface area (Å²) in [5.41, 5.74) is 4.19. The SMILES string of the molecule is COc1cc(Cl)ccc1-c1nc(C)c(C(=O)CNCc2cc(C)c(O)c(C)c2)s1. The van der Waals surface area contributed by atoms with Crippen LogP contribution in [0.4, 0.5) is 0 Å². The summed E-state index contributed by atoms with van der Waals surface area (Å²) in [5.74, 6) is 0.933. The van der Waals surface area contributed by atoms with Gasteiger partial charge >= 0.3 is 0 Å². The molecule has 0 fully saturated rings. The van der Waals surface area contributed by atoms with Crippen molar-refractivity contribution in [3.8, 4) is 22.1 Å². The van der Waals surface area contributed by atoms with Crippen molar-refractivity contribution in [1.29, 1.82) is 0 Å². The maximum Gasteiger partial charge on any atom is 0.188 e. The summed E-state index contributed by atoms with van der Waals surface area (Å²) >= 11 is 7.38. The number of aryl methyl sites for hydroxylation is 3. The van der Waals surface area contributed by atoms with Crippen molar-refractivity contribution in [1.82, 2.24) is 10.3 Å². The van der Waals surface area contributed by atoms with Crippen LogP contribution in [0.25, 0.3) is 10.6 Å². The number of rotatable bonds is 7. The number of phenolic OH excluding ortho intramolecular Hbond substituents is 1. The fraction of sp³-hybridized carbons (Fsp3) is 0.273. The smallest absolute Gasteiger partial charge is 0.188 e. The molecule has 3 aromatic rings. The van der Waals surface area contributed by atoms with Crippen LogP contribution in [0.2, 0.25) is 5.02 Å². The number of Topliss-reactive ketones (excluding diaryl/α,β-unsaturated/α-hetero) is 1. The first-order valence-electron chi connectivity index (χ1n) is 9.14. The van der Waals surface area contributed by atoms with E-state index in [2.05, 4.69) is 10.3 Å². The summed E-state index contributed by atoms with van der Waals surface area (Å²) in [4.78, 5) is 17.9. The van der Waals surface area contributed by atoms with Crippen LogP contribution in [0.5, 0.6) is 11.5 Å². The van der Waals surface area contributed by atoms with Gasteiger partial charge in [0.15, 0.2) is 5.78 Å². The third-order valence-electron chi connectivity index (χ3n) is 4.61. The Morgan fingerprint density at radius 3 is 2.55 bits per heavy atom. The number of thiazole rings is 1. The minimum atomic E-state index is -0.00796. The van der Waals surface area contributed by atoms with Crippen LogP contribution in [0.15, 0.2) is 30.3 Å². The van der Waals surface area contributed by atoms with E-state index >= 15 is 0 Å². The normalized spacial score (nSPS) is 10.9. The van der Waals surface area contributed by atoms with Crippen LogP contribution in [0.1, 0.15) is 32.1 Å². The van der Waals surface area contributed by atoms with E-state index < -0.39 is 0 Å². The van der Waals surface area contributed by atoms with Crippen molar-refractivity contribution in [3.05, 3.63) is 62.6 Å². The molecule has 0 atom stereocenters. The molecule has 0 unspecified atom stereocenters. The number of nitrogens with one attached hydrogen (secondary N) is 1. The summed E-state index contributed by atoms with van der Waals surface area (Å²) in [5, 5.41) is 14.4. The van der Waals surface area contributed by atoms with Crippen LogP contribution in [0.3, 0.4) is 0 Å². The van der Waals surface area contributed by atoms with Crippen molar-refractivity contribution in [2.45, 2.75) is 27.3 Å². The summed E-state index contributed by atoms with van der Waals surface area (Å²) in [6.07, 6.45) is 0. The van der Waals surface area contributed by atoms with Crippen LogP contribution in [-0.2, 0) is 6.54 Å². The number of aromatic nitrogens is 1. The minimum absolute atomic E-state index is 0.00796. The maximum absolute atomic E-state index is 12.7. The molecule has 152 valence electrons. The Morgan fingerprint density at radius 1 is 1.21 bits per heavy atom. The van der Waals surface area contributed by atoms with E-state index in [0.29, 0.717) is 33.6 Å². The zero-order chi connectivity index (χ0) is 21.1. The number of hydrogen-bond donors (Lipinski definition) is 2. The molecule has 1 aromatic heterocycles. The topological polar surface area (TPSA) is 71.5 Å². The Balaban J connectivity index is 1.71. The van der Waals surface area contributed by atoms with Crippen molar-refractivity contribution < 1.29 is 14.6 Å². The predicted molar refractivity (Wildman–Crippen MR) is 117 cm³/mol. The van der Waals surface area contributed by atoms with Crippen LogP contribution < -0.4 is 10.1 Å². The number of hydrogen-bond acceptors (Lipinski definition) is 6. The number of carbonyl (C=O) groups excluding carboxylic acids is 1. The highest BCUT2D eigenvalue weighted by atomic mass is 35.5. The Labute approximate surface area is 179 Å². The Hall–Kier alpha value is -2.41. The van der Waals surface area contributed by atoms with Gasteiger partial charge in [-0.25, -0.2) is 4.98 Å². The molecular formula is C22H23ClN2O3S. The molecule has 29 heavy (non-hydrogen) atoms. The third-order valence-corrected chi connectivity index (χ3v) is 6.08. The van der Waals surface area contributed by atoms with Gasteiger partial charge in [-0.1, -0.05) is 23.7 Å². The summed E-state index contributed by atoms with van der Waals surface area (Å²) in [6.45, 7) is 6.32. The fourth-order valence-corrected chi connectivity index (χ4v) is 4.36. The van der Waals surface area contributed by atoms with Gasteiger partial charge in [0.1, 0.15) is 16.5 Å². The molecule has 2 aromatic carbocycles. The minimum Gasteiger partial charge on any atom is -0.507 e. The fourth-order valence-electron chi connectivity index (χ4n) is 3.16. The molecule has 3 rings (SSSR count). The first kappa shape index (κ1) is 21.3. The second kappa shape index (κ2) is 8.95. The van der Waals surface area contributed by atoms with Gasteiger partial charge in [0.25, 0.3) is 0 Å². The van der Waals surface area contributed by atoms with Gasteiger partial charge < -0.3 is 15.2 Å². The van der Waals surface area contributed by atoms with Crippen molar-refractivity contribution in [3.63, 3.8) is 0 Å². The van der Waals surface area contributed by atoms with E-state index in [1.807, 2.05) is 39.0 Å². The highest BCUT2D eigenvalue weighted by Crippen LogP contribution is 2.36. The highest BCUT2D eigenvalue weighted by Gasteiger charge is 2.18. The van der Waals surface area contributed by atoms with Gasteiger partial charge in [0.2, 0.25) is 0 Å². The molecule has 0 aliphatic rings. The molecule has 2 N–H and O–H groups in total. The van der Waals surface area contributed by atoms with E-state index in [1.54, 1.807) is 19.2 Å². The first-order valence-corrected chi connectivity index (χ1v) is 10.3. The lowest BCUT2D eigenvalue weighted by Crippen LogP contribution is -2.22. The molecule has 0 aliphatic heterocycles. The van der Waals surface area contributed by atoms with Gasteiger partial charge in [-0.3, -0.25) is 4.79 Å². The molecular weight excluding hydrogens is 408 g/mol. The molecule has 0 spiro atoms. The van der Waals surface area contributed by atoms with Crippen molar-refractivity contribution in [2.75, 3.05) is 13.7 Å². The number of carbonyl (C=O) groups is 1. The summed E-state index contributed by atoms with van der Waals surface area (Å²) in [7, 11) is 1.58. The molecule has 7 heteroatoms. The van der Waals surface area contributed by atoms with Crippen LogP contribution in [-0.4, -0.2) is 29.5 Å². The first-order chi connectivity index (χ1) is 13.8. The maximum atomic E-state index is 12.7. The summed E-state index contributed by atoms with van der Waals surface area (Å²) < 4.78 is 5.40.